The number of ether oxygens (including phenoxy) is 1. The molecule has 0 spiro atoms. The molecular weight excluding hydrogens is 272 g/mol. The number of hydrogen-bond acceptors (Lipinski definition) is 5. The van der Waals surface area contributed by atoms with Gasteiger partial charge in [-0.25, -0.2) is 14.4 Å². The van der Waals surface area contributed by atoms with Crippen molar-refractivity contribution in [2.75, 3.05) is 18.6 Å². The number of carboxylic acid groups (broad SMARTS) is 1. The SMILES string of the molecule is CCOC(=O)C(C)NC(=O)NC(CCSC)C(=O)O. The van der Waals surface area contributed by atoms with E-state index in [1.807, 2.05) is 6.26 Å². The van der Waals surface area contributed by atoms with Crippen LogP contribution in [-0.4, -0.2) is 53.8 Å². The Morgan fingerprint density at radius 3 is 2.42 bits per heavy atom. The largest absolute Gasteiger partial charge is 0.480 e. The predicted octanol–water partition coefficient (Wildman–Crippen LogP) is 0.444. The third-order valence-electron chi connectivity index (χ3n) is 2.20. The quantitative estimate of drug-likeness (QED) is 0.561. The van der Waals surface area contributed by atoms with Crippen LogP contribution in [0.4, 0.5) is 4.79 Å². The number of rotatable bonds is 8. The van der Waals surface area contributed by atoms with E-state index in [0.29, 0.717) is 12.2 Å². The third kappa shape index (κ3) is 7.55. The molecule has 7 nitrogen and oxygen atoms in total. The van der Waals surface area contributed by atoms with Crippen LogP contribution in [0.1, 0.15) is 20.3 Å². The lowest BCUT2D eigenvalue weighted by molar-refractivity contribution is -0.144. The van der Waals surface area contributed by atoms with Crippen molar-refractivity contribution in [3.05, 3.63) is 0 Å². The molecule has 0 radical (unpaired) electrons. The number of amides is 2. The van der Waals surface area contributed by atoms with Gasteiger partial charge < -0.3 is 20.5 Å². The number of carbonyl (C=O) groups is 3. The number of aliphatic carboxylic acids is 1. The van der Waals surface area contributed by atoms with E-state index in [0.717, 1.165) is 0 Å². The standard InChI is InChI=1S/C11H20N2O5S/c1-4-18-10(16)7(2)12-11(17)13-8(9(14)15)5-6-19-3/h7-8H,4-6H2,1-3H3,(H,14,15)(H2,12,13,17). The average Bonchev–Trinajstić information content (AvgIpc) is 2.34. The first kappa shape index (κ1) is 17.6. The fourth-order valence-corrected chi connectivity index (χ4v) is 1.69. The van der Waals surface area contributed by atoms with E-state index in [1.54, 1.807) is 6.92 Å². The van der Waals surface area contributed by atoms with Gasteiger partial charge in [-0.15, -0.1) is 0 Å². The van der Waals surface area contributed by atoms with E-state index in [2.05, 4.69) is 10.6 Å². The highest BCUT2D eigenvalue weighted by atomic mass is 32.2. The van der Waals surface area contributed by atoms with Gasteiger partial charge in [0.05, 0.1) is 6.61 Å². The molecule has 0 heterocycles. The molecule has 0 aromatic rings. The topological polar surface area (TPSA) is 105 Å². The molecule has 8 heteroatoms. The summed E-state index contributed by atoms with van der Waals surface area (Å²) in [6.07, 6.45) is 2.17. The van der Waals surface area contributed by atoms with E-state index in [9.17, 15) is 14.4 Å². The molecule has 0 aromatic heterocycles. The van der Waals surface area contributed by atoms with Crippen LogP contribution in [0.2, 0.25) is 0 Å². The summed E-state index contributed by atoms with van der Waals surface area (Å²) >= 11 is 1.49. The maximum Gasteiger partial charge on any atom is 0.328 e. The molecule has 0 aliphatic carbocycles. The highest BCUT2D eigenvalue weighted by Gasteiger charge is 2.22. The van der Waals surface area contributed by atoms with Crippen molar-refractivity contribution in [2.24, 2.45) is 0 Å². The van der Waals surface area contributed by atoms with Crippen LogP contribution in [-0.2, 0) is 14.3 Å². The Kier molecular flexibility index (Phi) is 8.77. The van der Waals surface area contributed by atoms with Crippen molar-refractivity contribution in [3.63, 3.8) is 0 Å². The van der Waals surface area contributed by atoms with Gasteiger partial charge >= 0.3 is 18.0 Å². The van der Waals surface area contributed by atoms with Crippen LogP contribution in [0, 0.1) is 0 Å². The van der Waals surface area contributed by atoms with Crippen LogP contribution in [0.5, 0.6) is 0 Å². The summed E-state index contributed by atoms with van der Waals surface area (Å²) in [5.41, 5.74) is 0. The lowest BCUT2D eigenvalue weighted by Crippen LogP contribution is -2.50. The smallest absolute Gasteiger partial charge is 0.328 e. The number of esters is 1. The number of nitrogens with one attached hydrogen (secondary N) is 2. The van der Waals surface area contributed by atoms with Gasteiger partial charge in [0, 0.05) is 0 Å². The zero-order valence-corrected chi connectivity index (χ0v) is 12.1. The van der Waals surface area contributed by atoms with Gasteiger partial charge in [0.25, 0.3) is 0 Å². The molecule has 2 amide bonds. The lowest BCUT2D eigenvalue weighted by Gasteiger charge is -2.17. The molecule has 3 N–H and O–H groups in total. The summed E-state index contributed by atoms with van der Waals surface area (Å²) in [6, 6.07) is -2.49. The van der Waals surface area contributed by atoms with Crippen molar-refractivity contribution < 1.29 is 24.2 Å². The predicted molar refractivity (Wildman–Crippen MR) is 72.2 cm³/mol. The van der Waals surface area contributed by atoms with Crippen molar-refractivity contribution >= 4 is 29.7 Å². The van der Waals surface area contributed by atoms with Crippen LogP contribution >= 0.6 is 11.8 Å². The average molecular weight is 292 g/mol. The number of urea groups is 1. The zero-order chi connectivity index (χ0) is 14.8. The summed E-state index contributed by atoms with van der Waals surface area (Å²) in [7, 11) is 0. The lowest BCUT2D eigenvalue weighted by atomic mass is 10.2. The number of hydrogen-bond donors (Lipinski definition) is 3. The second-order valence-corrected chi connectivity index (χ2v) is 4.75. The number of carboxylic acids is 1. The van der Waals surface area contributed by atoms with Crippen molar-refractivity contribution in [3.8, 4) is 0 Å². The molecule has 0 bridgehead atoms. The Morgan fingerprint density at radius 1 is 1.32 bits per heavy atom. The molecule has 2 unspecified atom stereocenters. The normalized spacial score (nSPS) is 13.2. The number of carbonyl (C=O) groups excluding carboxylic acids is 2. The molecule has 2 atom stereocenters. The molecule has 19 heavy (non-hydrogen) atoms. The summed E-state index contributed by atoms with van der Waals surface area (Å²) in [5.74, 6) is -1.05. The fourth-order valence-electron chi connectivity index (χ4n) is 1.22. The van der Waals surface area contributed by atoms with E-state index in [-0.39, 0.29) is 6.61 Å². The molecule has 0 saturated heterocycles. The first-order valence-electron chi connectivity index (χ1n) is 5.87. The second-order valence-electron chi connectivity index (χ2n) is 3.76. The van der Waals surface area contributed by atoms with Crippen molar-refractivity contribution in [2.45, 2.75) is 32.4 Å². The summed E-state index contributed by atoms with van der Waals surface area (Å²) < 4.78 is 4.72. The van der Waals surface area contributed by atoms with Crippen LogP contribution in [0.3, 0.4) is 0 Å². The highest BCUT2D eigenvalue weighted by molar-refractivity contribution is 7.98. The minimum Gasteiger partial charge on any atom is -0.480 e. The summed E-state index contributed by atoms with van der Waals surface area (Å²) in [6.45, 7) is 3.35. The minimum absolute atomic E-state index is 0.220. The van der Waals surface area contributed by atoms with Crippen molar-refractivity contribution in [1.29, 1.82) is 0 Å². The van der Waals surface area contributed by atoms with Gasteiger partial charge in [0.2, 0.25) is 0 Å². The maximum absolute atomic E-state index is 11.5. The monoisotopic (exact) mass is 292 g/mol. The molecule has 0 fully saturated rings. The fraction of sp³-hybridized carbons (Fsp3) is 0.727. The van der Waals surface area contributed by atoms with Gasteiger partial charge in [-0.3, -0.25) is 0 Å². The Morgan fingerprint density at radius 2 is 1.95 bits per heavy atom. The van der Waals surface area contributed by atoms with Crippen LogP contribution in [0.15, 0.2) is 0 Å². The number of thioether (sulfide) groups is 1. The Hall–Kier alpha value is -1.44. The molecule has 0 aliphatic rings. The van der Waals surface area contributed by atoms with Crippen LogP contribution in [0.25, 0.3) is 0 Å². The molecule has 110 valence electrons. The van der Waals surface area contributed by atoms with E-state index in [4.69, 9.17) is 9.84 Å². The van der Waals surface area contributed by atoms with Gasteiger partial charge in [-0.1, -0.05) is 0 Å². The molecule has 0 saturated carbocycles. The first-order chi connectivity index (χ1) is 8.92. The summed E-state index contributed by atoms with van der Waals surface area (Å²) in [5, 5.41) is 13.6. The molecule has 0 aromatic carbocycles. The van der Waals surface area contributed by atoms with E-state index in [1.165, 1.54) is 18.7 Å². The summed E-state index contributed by atoms with van der Waals surface area (Å²) in [4.78, 5) is 33.7. The molecule has 0 aliphatic heterocycles. The van der Waals surface area contributed by atoms with Gasteiger partial charge in [0.15, 0.2) is 0 Å². The van der Waals surface area contributed by atoms with E-state index >= 15 is 0 Å². The zero-order valence-electron chi connectivity index (χ0n) is 11.3. The van der Waals surface area contributed by atoms with Gasteiger partial charge in [-0.2, -0.15) is 11.8 Å². The Labute approximate surface area is 116 Å². The Balaban J connectivity index is 4.25. The molecular formula is C11H20N2O5S. The van der Waals surface area contributed by atoms with Crippen molar-refractivity contribution in [1.82, 2.24) is 10.6 Å². The Bertz CT molecular complexity index is 324. The second kappa shape index (κ2) is 9.48. The van der Waals surface area contributed by atoms with Gasteiger partial charge in [0.1, 0.15) is 12.1 Å². The maximum atomic E-state index is 11.5. The third-order valence-corrected chi connectivity index (χ3v) is 2.85. The van der Waals surface area contributed by atoms with E-state index < -0.39 is 30.1 Å². The van der Waals surface area contributed by atoms with Gasteiger partial charge in [-0.05, 0) is 32.3 Å². The van der Waals surface area contributed by atoms with Crippen LogP contribution < -0.4 is 10.6 Å². The minimum atomic E-state index is -1.10. The first-order valence-corrected chi connectivity index (χ1v) is 7.27. The highest BCUT2D eigenvalue weighted by Crippen LogP contribution is 2.01. The molecule has 0 rings (SSSR count).